The molecule has 1 N–H and O–H groups in total. The summed E-state index contributed by atoms with van der Waals surface area (Å²) in [7, 11) is 0. The van der Waals surface area contributed by atoms with Crippen molar-refractivity contribution in [2.45, 2.75) is 25.7 Å². The van der Waals surface area contributed by atoms with Crippen molar-refractivity contribution in [3.8, 4) is 17.1 Å². The van der Waals surface area contributed by atoms with Crippen LogP contribution < -0.4 is 4.90 Å². The maximum absolute atomic E-state index is 12.6. The van der Waals surface area contributed by atoms with Crippen LogP contribution in [0.15, 0.2) is 45.7 Å². The number of furan rings is 1. The van der Waals surface area contributed by atoms with Gasteiger partial charge in [-0.05, 0) is 30.5 Å². The number of aromatic nitrogens is 2. The third-order valence-electron chi connectivity index (χ3n) is 4.30. The lowest BCUT2D eigenvalue weighted by atomic mass is 10.0. The highest BCUT2D eigenvalue weighted by Gasteiger charge is 2.25. The lowest BCUT2D eigenvalue weighted by molar-refractivity contribution is -0.118. The minimum Gasteiger partial charge on any atom is -0.506 e. The number of carbonyl (C=O) groups is 1. The molecule has 0 fully saturated rings. The summed E-state index contributed by atoms with van der Waals surface area (Å²) in [5.41, 5.74) is 2.36. The Labute approximate surface area is 143 Å². The summed E-state index contributed by atoms with van der Waals surface area (Å²) in [6.45, 7) is 0.605. The molecule has 0 bridgehead atoms. The van der Waals surface area contributed by atoms with Crippen LogP contribution in [-0.4, -0.2) is 27.7 Å². The number of para-hydroxylation sites is 1. The third kappa shape index (κ3) is 3.00. The zero-order valence-electron chi connectivity index (χ0n) is 13.5. The van der Waals surface area contributed by atoms with Crippen LogP contribution in [0, 0.1) is 0 Å². The first-order valence-electron chi connectivity index (χ1n) is 8.19. The number of phenols is 1. The zero-order chi connectivity index (χ0) is 17.2. The summed E-state index contributed by atoms with van der Waals surface area (Å²) in [5.74, 6) is 0.923. The highest BCUT2D eigenvalue weighted by Crippen LogP contribution is 2.35. The van der Waals surface area contributed by atoms with Gasteiger partial charge in [-0.25, -0.2) is 0 Å². The lowest BCUT2D eigenvalue weighted by Gasteiger charge is -2.30. The maximum Gasteiger partial charge on any atom is 0.227 e. The fraction of sp³-hybridized carbons (Fsp3) is 0.278. The van der Waals surface area contributed by atoms with E-state index in [1.54, 1.807) is 23.1 Å². The van der Waals surface area contributed by atoms with Crippen molar-refractivity contribution in [2.75, 3.05) is 11.4 Å². The normalized spacial score (nSPS) is 13.7. The van der Waals surface area contributed by atoms with Crippen LogP contribution in [0.3, 0.4) is 0 Å². The molecule has 1 aliphatic rings. The number of phenolic OH excluding ortho intramolecular Hbond substituents is 1. The van der Waals surface area contributed by atoms with Gasteiger partial charge in [0, 0.05) is 19.4 Å². The molecule has 1 amide bonds. The molecule has 7 heteroatoms. The number of aryl methyl sites for hydroxylation is 2. The first-order valence-corrected chi connectivity index (χ1v) is 8.19. The highest BCUT2D eigenvalue weighted by molar-refractivity contribution is 5.96. The van der Waals surface area contributed by atoms with Crippen LogP contribution >= 0.6 is 0 Å². The van der Waals surface area contributed by atoms with Crippen LogP contribution in [-0.2, 0) is 17.6 Å². The van der Waals surface area contributed by atoms with E-state index in [4.69, 9.17) is 8.94 Å². The molecule has 0 unspecified atom stereocenters. The standard InChI is InChI=1S/C18H17N3O4/c22-14-5-1-3-12-4-2-9-21(17(12)14)16(23)7-6-15-19-18(20-25-15)13-8-10-24-11-13/h1,3,5,8,10-11,22H,2,4,6-7,9H2. The average Bonchev–Trinajstić information content (AvgIpc) is 3.31. The summed E-state index contributed by atoms with van der Waals surface area (Å²) >= 11 is 0. The Morgan fingerprint density at radius 3 is 3.08 bits per heavy atom. The maximum atomic E-state index is 12.6. The smallest absolute Gasteiger partial charge is 0.227 e. The van der Waals surface area contributed by atoms with Gasteiger partial charge in [0.2, 0.25) is 17.6 Å². The minimum atomic E-state index is -0.0643. The second-order valence-corrected chi connectivity index (χ2v) is 5.96. The van der Waals surface area contributed by atoms with E-state index in [-0.39, 0.29) is 18.1 Å². The van der Waals surface area contributed by atoms with E-state index in [9.17, 15) is 9.90 Å². The summed E-state index contributed by atoms with van der Waals surface area (Å²) in [6.07, 6.45) is 5.41. The van der Waals surface area contributed by atoms with E-state index in [1.165, 1.54) is 12.5 Å². The largest absolute Gasteiger partial charge is 0.506 e. The number of hydrogen-bond donors (Lipinski definition) is 1. The SMILES string of the molecule is O=C(CCc1nc(-c2ccoc2)no1)N1CCCc2cccc(O)c21. The molecule has 3 heterocycles. The van der Waals surface area contributed by atoms with Gasteiger partial charge in [-0.3, -0.25) is 4.79 Å². The second-order valence-electron chi connectivity index (χ2n) is 5.96. The number of rotatable bonds is 4. The predicted molar refractivity (Wildman–Crippen MR) is 89.1 cm³/mol. The Morgan fingerprint density at radius 2 is 2.24 bits per heavy atom. The summed E-state index contributed by atoms with van der Waals surface area (Å²) in [4.78, 5) is 18.6. The van der Waals surface area contributed by atoms with Gasteiger partial charge in [-0.2, -0.15) is 4.98 Å². The monoisotopic (exact) mass is 339 g/mol. The highest BCUT2D eigenvalue weighted by atomic mass is 16.5. The van der Waals surface area contributed by atoms with Gasteiger partial charge in [0.1, 0.15) is 12.0 Å². The molecule has 2 aromatic heterocycles. The summed E-state index contributed by atoms with van der Waals surface area (Å²) < 4.78 is 10.2. The van der Waals surface area contributed by atoms with E-state index in [1.807, 2.05) is 6.07 Å². The fourth-order valence-corrected chi connectivity index (χ4v) is 3.09. The van der Waals surface area contributed by atoms with E-state index >= 15 is 0 Å². The predicted octanol–water partition coefficient (Wildman–Crippen LogP) is 2.95. The van der Waals surface area contributed by atoms with Crippen LogP contribution in [0.1, 0.15) is 24.3 Å². The molecule has 0 radical (unpaired) electrons. The molecular weight excluding hydrogens is 322 g/mol. The first kappa shape index (κ1) is 15.4. The van der Waals surface area contributed by atoms with Crippen LogP contribution in [0.4, 0.5) is 5.69 Å². The van der Waals surface area contributed by atoms with Gasteiger partial charge < -0.3 is 18.9 Å². The average molecular weight is 339 g/mol. The minimum absolute atomic E-state index is 0.0643. The van der Waals surface area contributed by atoms with E-state index < -0.39 is 0 Å². The van der Waals surface area contributed by atoms with Gasteiger partial charge in [-0.15, -0.1) is 0 Å². The molecule has 4 rings (SSSR count). The molecule has 0 aliphatic carbocycles. The third-order valence-corrected chi connectivity index (χ3v) is 4.30. The van der Waals surface area contributed by atoms with Gasteiger partial charge in [-0.1, -0.05) is 17.3 Å². The van der Waals surface area contributed by atoms with Crippen molar-refractivity contribution < 1.29 is 18.8 Å². The molecule has 25 heavy (non-hydrogen) atoms. The van der Waals surface area contributed by atoms with Gasteiger partial charge in [0.25, 0.3) is 0 Å². The number of hydrogen-bond acceptors (Lipinski definition) is 6. The molecule has 0 atom stereocenters. The Balaban J connectivity index is 1.45. The number of nitrogens with zero attached hydrogens (tertiary/aromatic N) is 3. The second kappa shape index (κ2) is 6.43. The molecule has 1 aliphatic heterocycles. The summed E-state index contributed by atoms with van der Waals surface area (Å²) in [6, 6.07) is 7.11. The Morgan fingerprint density at radius 1 is 1.32 bits per heavy atom. The van der Waals surface area contributed by atoms with Gasteiger partial charge in [0.15, 0.2) is 0 Å². The number of aromatic hydroxyl groups is 1. The Kier molecular flexibility index (Phi) is 3.97. The van der Waals surface area contributed by atoms with Crippen molar-refractivity contribution in [3.05, 3.63) is 48.2 Å². The van der Waals surface area contributed by atoms with E-state index in [0.29, 0.717) is 30.4 Å². The van der Waals surface area contributed by atoms with Crippen molar-refractivity contribution in [1.29, 1.82) is 0 Å². The number of benzene rings is 1. The molecule has 3 aromatic rings. The van der Waals surface area contributed by atoms with E-state index in [0.717, 1.165) is 24.0 Å². The van der Waals surface area contributed by atoms with Crippen LogP contribution in [0.2, 0.25) is 0 Å². The van der Waals surface area contributed by atoms with Gasteiger partial charge >= 0.3 is 0 Å². The summed E-state index contributed by atoms with van der Waals surface area (Å²) in [5, 5.41) is 14.0. The van der Waals surface area contributed by atoms with Crippen LogP contribution in [0.25, 0.3) is 11.4 Å². The lowest BCUT2D eigenvalue weighted by Crippen LogP contribution is -2.35. The number of fused-ring (bicyclic) bond motifs is 1. The van der Waals surface area contributed by atoms with Crippen molar-refractivity contribution in [2.24, 2.45) is 0 Å². The molecule has 0 spiro atoms. The van der Waals surface area contributed by atoms with Gasteiger partial charge in [0.05, 0.1) is 17.5 Å². The Bertz CT molecular complexity index is 886. The van der Waals surface area contributed by atoms with Crippen molar-refractivity contribution in [3.63, 3.8) is 0 Å². The van der Waals surface area contributed by atoms with Crippen LogP contribution in [0.5, 0.6) is 5.75 Å². The molecule has 0 saturated carbocycles. The molecule has 0 saturated heterocycles. The van der Waals surface area contributed by atoms with Crippen molar-refractivity contribution in [1.82, 2.24) is 10.1 Å². The molecule has 128 valence electrons. The molecule has 1 aromatic carbocycles. The number of carbonyl (C=O) groups excluding carboxylic acids is 1. The fourth-order valence-electron chi connectivity index (χ4n) is 3.09. The zero-order valence-corrected chi connectivity index (χ0v) is 13.5. The van der Waals surface area contributed by atoms with Crippen molar-refractivity contribution >= 4 is 11.6 Å². The molecule has 7 nitrogen and oxygen atoms in total. The quantitative estimate of drug-likeness (QED) is 0.785. The first-order chi connectivity index (χ1) is 12.2. The topological polar surface area (TPSA) is 92.6 Å². The number of amides is 1. The van der Waals surface area contributed by atoms with E-state index in [2.05, 4.69) is 10.1 Å². The number of anilines is 1. The molecular formula is C18H17N3O4. The Hall–Kier alpha value is -3.09.